The highest BCUT2D eigenvalue weighted by atomic mass is 32.1. The molecule has 290 valence electrons. The summed E-state index contributed by atoms with van der Waals surface area (Å²) in [7, 11) is 0. The van der Waals surface area contributed by atoms with Crippen molar-refractivity contribution < 1.29 is 4.42 Å². The molecule has 12 rings (SSSR count). The second-order valence-corrected chi connectivity index (χ2v) is 16.6. The van der Waals surface area contributed by atoms with Crippen LogP contribution in [0.5, 0.6) is 0 Å². The molecule has 0 aliphatic carbocycles. The fourth-order valence-corrected chi connectivity index (χ4v) is 9.84. The second kappa shape index (κ2) is 14.9. The van der Waals surface area contributed by atoms with E-state index in [1.807, 2.05) is 59.9 Å². The van der Waals surface area contributed by atoms with Gasteiger partial charge >= 0.3 is 0 Å². The first-order valence-electron chi connectivity index (χ1n) is 20.7. The largest absolute Gasteiger partial charge is 0.455 e. The number of fused-ring (bicyclic) bond motifs is 6. The Morgan fingerprint density at radius 3 is 1.47 bits per heavy atom. The zero-order valence-corrected chi connectivity index (χ0v) is 34.2. The first-order valence-corrected chi connectivity index (χ1v) is 21.6. The molecule has 0 aliphatic heterocycles. The number of benzene rings is 9. The van der Waals surface area contributed by atoms with Crippen molar-refractivity contribution in [2.24, 2.45) is 0 Å². The third kappa shape index (κ3) is 6.35. The molecule has 0 N–H and O–H groups in total. The molecule has 0 atom stereocenters. The van der Waals surface area contributed by atoms with E-state index >= 15 is 0 Å². The van der Waals surface area contributed by atoms with Crippen LogP contribution in [0, 0.1) is 0 Å². The van der Waals surface area contributed by atoms with Gasteiger partial charge in [-0.25, -0.2) is 15.0 Å². The predicted molar refractivity (Wildman–Crippen MR) is 258 cm³/mol. The molecule has 62 heavy (non-hydrogen) atoms. The second-order valence-electron chi connectivity index (χ2n) is 15.6. The molecule has 4 nitrogen and oxygen atoms in total. The Hall–Kier alpha value is -7.99. The molecule has 0 fully saturated rings. The standard InChI is InChI=1S/C57H35N3OS/c1-4-14-36(15-5-1)42-32-43(37-16-6-2-7-17-37)34-44(33-42)57-59-55(39-18-8-3-9-19-39)58-56(60-57)40-26-24-38(25-27-40)45-30-31-46(54-53(45)49-21-10-12-22-50(49)61-54)41-28-29-48-47-20-11-13-23-51(47)62-52(48)35-41/h1-35H. The number of aromatic nitrogens is 3. The van der Waals surface area contributed by atoms with E-state index in [1.54, 1.807) is 0 Å². The number of furan rings is 1. The van der Waals surface area contributed by atoms with Crippen LogP contribution in [0.2, 0.25) is 0 Å². The molecule has 9 aromatic carbocycles. The van der Waals surface area contributed by atoms with Crippen LogP contribution in [0.25, 0.3) is 121 Å². The maximum Gasteiger partial charge on any atom is 0.164 e. The van der Waals surface area contributed by atoms with E-state index in [4.69, 9.17) is 19.4 Å². The SMILES string of the molecule is c1ccc(-c2cc(-c3ccccc3)cc(-c3nc(-c4ccccc4)nc(-c4ccc(-c5ccc(-c6ccc7c(c6)sc6ccccc67)c6oc7ccccc7c56)cc4)n3)c2)cc1. The van der Waals surface area contributed by atoms with Gasteiger partial charge in [0.15, 0.2) is 17.5 Å². The van der Waals surface area contributed by atoms with Gasteiger partial charge < -0.3 is 4.42 Å². The maximum atomic E-state index is 6.72. The highest BCUT2D eigenvalue weighted by molar-refractivity contribution is 7.25. The van der Waals surface area contributed by atoms with Gasteiger partial charge in [-0.3, -0.25) is 0 Å². The van der Waals surface area contributed by atoms with Crippen LogP contribution in [0.4, 0.5) is 0 Å². The Labute approximate surface area is 362 Å². The number of thiophene rings is 1. The minimum absolute atomic E-state index is 0.609. The third-order valence-corrected chi connectivity index (χ3v) is 12.9. The lowest BCUT2D eigenvalue weighted by Crippen LogP contribution is -2.00. The molecule has 3 aromatic heterocycles. The minimum atomic E-state index is 0.609. The minimum Gasteiger partial charge on any atom is -0.455 e. The van der Waals surface area contributed by atoms with Crippen LogP contribution in [0.15, 0.2) is 217 Å². The summed E-state index contributed by atoms with van der Waals surface area (Å²) in [6.07, 6.45) is 0. The summed E-state index contributed by atoms with van der Waals surface area (Å²) in [4.78, 5) is 15.4. The number of nitrogens with zero attached hydrogens (tertiary/aromatic N) is 3. The molecule has 0 aliphatic rings. The van der Waals surface area contributed by atoms with Gasteiger partial charge in [-0.1, -0.05) is 170 Å². The van der Waals surface area contributed by atoms with Crippen molar-refractivity contribution in [2.75, 3.05) is 0 Å². The van der Waals surface area contributed by atoms with Crippen LogP contribution >= 0.6 is 11.3 Å². The van der Waals surface area contributed by atoms with Gasteiger partial charge in [-0.2, -0.15) is 0 Å². The fourth-order valence-electron chi connectivity index (χ4n) is 8.69. The normalized spacial score (nSPS) is 11.5. The lowest BCUT2D eigenvalue weighted by Gasteiger charge is -2.13. The molecule has 0 bridgehead atoms. The summed E-state index contributed by atoms with van der Waals surface area (Å²) in [6.45, 7) is 0. The highest BCUT2D eigenvalue weighted by Crippen LogP contribution is 2.44. The lowest BCUT2D eigenvalue weighted by molar-refractivity contribution is 0.670. The molecule has 3 heterocycles. The zero-order valence-electron chi connectivity index (χ0n) is 33.4. The average Bonchev–Trinajstić information content (AvgIpc) is 3.93. The summed E-state index contributed by atoms with van der Waals surface area (Å²) in [5.41, 5.74) is 13.4. The topological polar surface area (TPSA) is 51.8 Å². The van der Waals surface area contributed by atoms with Gasteiger partial charge in [0.1, 0.15) is 11.2 Å². The number of hydrogen-bond acceptors (Lipinski definition) is 5. The first-order chi connectivity index (χ1) is 30.7. The smallest absolute Gasteiger partial charge is 0.164 e. The summed E-state index contributed by atoms with van der Waals surface area (Å²) in [6, 6.07) is 74.5. The Kier molecular flexibility index (Phi) is 8.65. The van der Waals surface area contributed by atoms with Gasteiger partial charge in [-0.15, -0.1) is 11.3 Å². The number of para-hydroxylation sites is 1. The van der Waals surface area contributed by atoms with Crippen molar-refractivity contribution in [1.82, 2.24) is 15.0 Å². The van der Waals surface area contributed by atoms with E-state index in [2.05, 4.69) is 164 Å². The Morgan fingerprint density at radius 1 is 0.306 bits per heavy atom. The molecule has 0 amide bonds. The molecule has 0 unspecified atom stereocenters. The highest BCUT2D eigenvalue weighted by Gasteiger charge is 2.19. The first kappa shape index (κ1) is 35.9. The number of hydrogen-bond donors (Lipinski definition) is 0. The Bertz CT molecular complexity index is 3560. The van der Waals surface area contributed by atoms with E-state index in [0.717, 1.165) is 83.1 Å². The zero-order chi connectivity index (χ0) is 41.0. The summed E-state index contributed by atoms with van der Waals surface area (Å²) >= 11 is 1.83. The predicted octanol–water partition coefficient (Wildman–Crippen LogP) is 15.8. The van der Waals surface area contributed by atoms with E-state index in [0.29, 0.717) is 17.5 Å². The molecule has 0 saturated carbocycles. The molecule has 0 spiro atoms. The van der Waals surface area contributed by atoms with E-state index < -0.39 is 0 Å². The molecule has 5 heteroatoms. The fraction of sp³-hybridized carbons (Fsp3) is 0. The summed E-state index contributed by atoms with van der Waals surface area (Å²) in [5.74, 6) is 1.85. The molecule has 12 aromatic rings. The van der Waals surface area contributed by atoms with Crippen LogP contribution in [-0.2, 0) is 0 Å². The monoisotopic (exact) mass is 809 g/mol. The van der Waals surface area contributed by atoms with Crippen molar-refractivity contribution >= 4 is 53.4 Å². The molecule has 0 radical (unpaired) electrons. The van der Waals surface area contributed by atoms with Crippen LogP contribution < -0.4 is 0 Å². The van der Waals surface area contributed by atoms with Crippen molar-refractivity contribution in [3.05, 3.63) is 212 Å². The van der Waals surface area contributed by atoms with Gasteiger partial charge in [0.05, 0.1) is 0 Å². The Morgan fingerprint density at radius 2 is 0.790 bits per heavy atom. The van der Waals surface area contributed by atoms with Gasteiger partial charge in [0.25, 0.3) is 0 Å². The molecular formula is C57H35N3OS. The van der Waals surface area contributed by atoms with Gasteiger partial charge in [-0.05, 0) is 81.4 Å². The summed E-state index contributed by atoms with van der Waals surface area (Å²) < 4.78 is 9.29. The van der Waals surface area contributed by atoms with Crippen molar-refractivity contribution in [2.45, 2.75) is 0 Å². The van der Waals surface area contributed by atoms with Gasteiger partial charge in [0, 0.05) is 53.2 Å². The van der Waals surface area contributed by atoms with Gasteiger partial charge in [0.2, 0.25) is 0 Å². The van der Waals surface area contributed by atoms with Crippen LogP contribution in [0.3, 0.4) is 0 Å². The number of rotatable bonds is 7. The van der Waals surface area contributed by atoms with Crippen molar-refractivity contribution in [1.29, 1.82) is 0 Å². The van der Waals surface area contributed by atoms with Crippen LogP contribution in [0.1, 0.15) is 0 Å². The van der Waals surface area contributed by atoms with Crippen molar-refractivity contribution in [3.8, 4) is 78.7 Å². The summed E-state index contributed by atoms with van der Waals surface area (Å²) in [5, 5.41) is 4.77. The third-order valence-electron chi connectivity index (χ3n) is 11.7. The molecule has 0 saturated heterocycles. The van der Waals surface area contributed by atoms with Crippen LogP contribution in [-0.4, -0.2) is 15.0 Å². The van der Waals surface area contributed by atoms with E-state index in [-0.39, 0.29) is 0 Å². The lowest BCUT2D eigenvalue weighted by atomic mass is 9.94. The van der Waals surface area contributed by atoms with E-state index in [9.17, 15) is 0 Å². The van der Waals surface area contributed by atoms with E-state index in [1.165, 1.54) is 20.2 Å². The average molecular weight is 810 g/mol. The molecular weight excluding hydrogens is 775 g/mol. The maximum absolute atomic E-state index is 6.72. The Balaban J connectivity index is 0.978. The van der Waals surface area contributed by atoms with Crippen molar-refractivity contribution in [3.63, 3.8) is 0 Å². The quantitative estimate of drug-likeness (QED) is 0.161.